The summed E-state index contributed by atoms with van der Waals surface area (Å²) in [6.07, 6.45) is 5.50. The Labute approximate surface area is 118 Å². The molecule has 19 heavy (non-hydrogen) atoms. The molecule has 2 heteroatoms. The van der Waals surface area contributed by atoms with Crippen LogP contribution in [0, 0.1) is 12.8 Å². The first-order valence-corrected chi connectivity index (χ1v) is 7.70. The molecule has 0 saturated carbocycles. The third-order valence-corrected chi connectivity index (χ3v) is 4.27. The van der Waals surface area contributed by atoms with E-state index in [0.717, 1.165) is 12.5 Å². The van der Waals surface area contributed by atoms with Gasteiger partial charge in [0.15, 0.2) is 0 Å². The molecule has 0 atom stereocenters. The number of hydrogen-bond donors (Lipinski definition) is 1. The van der Waals surface area contributed by atoms with Gasteiger partial charge in [0, 0.05) is 6.54 Å². The van der Waals surface area contributed by atoms with Crippen LogP contribution in [0.25, 0.3) is 0 Å². The Hall–Kier alpha value is -0.860. The van der Waals surface area contributed by atoms with Gasteiger partial charge in [0.05, 0.1) is 0 Å². The molecule has 0 aromatic heterocycles. The molecule has 1 N–H and O–H groups in total. The molecule has 0 spiro atoms. The molecule has 2 rings (SSSR count). The zero-order chi connectivity index (χ0) is 13.5. The van der Waals surface area contributed by atoms with Crippen molar-refractivity contribution < 1.29 is 0 Å². The summed E-state index contributed by atoms with van der Waals surface area (Å²) in [5, 5.41) is 3.24. The minimum Gasteiger partial charge on any atom is -0.320 e. The molecule has 0 amide bonds. The Morgan fingerprint density at radius 1 is 1.16 bits per heavy atom. The quantitative estimate of drug-likeness (QED) is 0.790. The van der Waals surface area contributed by atoms with E-state index in [2.05, 4.69) is 41.4 Å². The Bertz CT molecular complexity index is 350. The third-order valence-electron chi connectivity index (χ3n) is 4.27. The van der Waals surface area contributed by atoms with Crippen LogP contribution in [0.3, 0.4) is 0 Å². The van der Waals surface area contributed by atoms with Gasteiger partial charge in [-0.05, 0) is 70.8 Å². The average Bonchev–Trinajstić information content (AvgIpc) is 2.44. The maximum absolute atomic E-state index is 3.24. The fraction of sp³-hybridized carbons (Fsp3) is 0.647. The van der Waals surface area contributed by atoms with Crippen molar-refractivity contribution in [2.75, 3.05) is 26.7 Å². The van der Waals surface area contributed by atoms with E-state index in [0.29, 0.717) is 0 Å². The smallest absolute Gasteiger partial charge is 0.0233 e. The Morgan fingerprint density at radius 2 is 1.84 bits per heavy atom. The van der Waals surface area contributed by atoms with E-state index in [1.54, 1.807) is 0 Å². The Morgan fingerprint density at radius 3 is 2.47 bits per heavy atom. The third kappa shape index (κ3) is 4.96. The summed E-state index contributed by atoms with van der Waals surface area (Å²) < 4.78 is 0. The normalized spacial score (nSPS) is 17.8. The van der Waals surface area contributed by atoms with Gasteiger partial charge in [-0.1, -0.05) is 29.8 Å². The SMILES string of the molecule is CNCCCC1CCN(Cc2ccc(C)cc2)CC1. The highest BCUT2D eigenvalue weighted by Gasteiger charge is 2.18. The van der Waals surface area contributed by atoms with Crippen molar-refractivity contribution in [3.8, 4) is 0 Å². The molecule has 1 aliphatic heterocycles. The number of rotatable bonds is 6. The van der Waals surface area contributed by atoms with Crippen LogP contribution >= 0.6 is 0 Å². The molecule has 1 heterocycles. The lowest BCUT2D eigenvalue weighted by molar-refractivity contribution is 0.171. The number of nitrogens with zero attached hydrogens (tertiary/aromatic N) is 1. The summed E-state index contributed by atoms with van der Waals surface area (Å²) in [6, 6.07) is 8.99. The van der Waals surface area contributed by atoms with Gasteiger partial charge >= 0.3 is 0 Å². The number of nitrogens with one attached hydrogen (secondary N) is 1. The zero-order valence-corrected chi connectivity index (χ0v) is 12.5. The van der Waals surface area contributed by atoms with Crippen LogP contribution in [0.1, 0.15) is 36.8 Å². The molecule has 0 radical (unpaired) electrons. The van der Waals surface area contributed by atoms with Crippen molar-refractivity contribution in [3.05, 3.63) is 35.4 Å². The van der Waals surface area contributed by atoms with Crippen molar-refractivity contribution in [2.24, 2.45) is 5.92 Å². The van der Waals surface area contributed by atoms with Crippen molar-refractivity contribution >= 4 is 0 Å². The molecule has 0 bridgehead atoms. The molecule has 1 aromatic carbocycles. The van der Waals surface area contributed by atoms with Crippen molar-refractivity contribution in [3.63, 3.8) is 0 Å². The molecule has 1 saturated heterocycles. The van der Waals surface area contributed by atoms with E-state index in [4.69, 9.17) is 0 Å². The first-order valence-electron chi connectivity index (χ1n) is 7.70. The van der Waals surface area contributed by atoms with E-state index in [-0.39, 0.29) is 0 Å². The predicted molar refractivity (Wildman–Crippen MR) is 82.3 cm³/mol. The predicted octanol–water partition coefficient (Wildman–Crippen LogP) is 3.21. The highest BCUT2D eigenvalue weighted by atomic mass is 15.1. The van der Waals surface area contributed by atoms with Crippen LogP contribution in [0.4, 0.5) is 0 Å². The lowest BCUT2D eigenvalue weighted by atomic mass is 9.92. The molecular weight excluding hydrogens is 232 g/mol. The van der Waals surface area contributed by atoms with Gasteiger partial charge in [0.2, 0.25) is 0 Å². The topological polar surface area (TPSA) is 15.3 Å². The van der Waals surface area contributed by atoms with E-state index in [9.17, 15) is 0 Å². The number of aryl methyl sites for hydroxylation is 1. The van der Waals surface area contributed by atoms with Gasteiger partial charge < -0.3 is 5.32 Å². The van der Waals surface area contributed by atoms with E-state index in [1.165, 1.54) is 56.4 Å². The van der Waals surface area contributed by atoms with E-state index < -0.39 is 0 Å². The monoisotopic (exact) mass is 260 g/mol. The number of hydrogen-bond acceptors (Lipinski definition) is 2. The lowest BCUT2D eigenvalue weighted by Gasteiger charge is -2.32. The maximum Gasteiger partial charge on any atom is 0.0233 e. The fourth-order valence-corrected chi connectivity index (χ4v) is 2.95. The van der Waals surface area contributed by atoms with E-state index >= 15 is 0 Å². The zero-order valence-electron chi connectivity index (χ0n) is 12.5. The number of likely N-dealkylation sites (tertiary alicyclic amines) is 1. The number of piperidine rings is 1. The van der Waals surface area contributed by atoms with Crippen LogP contribution < -0.4 is 5.32 Å². The van der Waals surface area contributed by atoms with Crippen LogP contribution in [-0.4, -0.2) is 31.6 Å². The standard InChI is InChI=1S/C17H28N2/c1-15-5-7-17(8-6-15)14-19-12-9-16(10-13-19)4-3-11-18-2/h5-8,16,18H,3-4,9-14H2,1-2H3. The highest BCUT2D eigenvalue weighted by molar-refractivity contribution is 5.21. The Balaban J connectivity index is 1.69. The van der Waals surface area contributed by atoms with Gasteiger partial charge in [-0.25, -0.2) is 0 Å². The molecule has 1 aliphatic rings. The summed E-state index contributed by atoms with van der Waals surface area (Å²) in [7, 11) is 2.05. The molecule has 0 aliphatic carbocycles. The highest BCUT2D eigenvalue weighted by Crippen LogP contribution is 2.22. The number of benzene rings is 1. The summed E-state index contributed by atoms with van der Waals surface area (Å²) in [5.74, 6) is 0.961. The van der Waals surface area contributed by atoms with Gasteiger partial charge in [0.25, 0.3) is 0 Å². The van der Waals surface area contributed by atoms with Gasteiger partial charge in [-0.15, -0.1) is 0 Å². The average molecular weight is 260 g/mol. The van der Waals surface area contributed by atoms with Crippen LogP contribution in [0.15, 0.2) is 24.3 Å². The minimum absolute atomic E-state index is 0.961. The van der Waals surface area contributed by atoms with Crippen molar-refractivity contribution in [2.45, 2.75) is 39.2 Å². The summed E-state index contributed by atoms with van der Waals surface area (Å²) in [6.45, 7) is 7.00. The summed E-state index contributed by atoms with van der Waals surface area (Å²) >= 11 is 0. The first kappa shape index (κ1) is 14.5. The summed E-state index contributed by atoms with van der Waals surface area (Å²) in [4.78, 5) is 2.61. The second kappa shape index (κ2) is 7.66. The van der Waals surface area contributed by atoms with E-state index in [1.807, 2.05) is 7.05 Å². The van der Waals surface area contributed by atoms with Gasteiger partial charge in [0.1, 0.15) is 0 Å². The second-order valence-corrected chi connectivity index (χ2v) is 5.95. The summed E-state index contributed by atoms with van der Waals surface area (Å²) in [5.41, 5.74) is 2.81. The molecule has 1 aromatic rings. The van der Waals surface area contributed by atoms with Gasteiger partial charge in [-0.3, -0.25) is 4.90 Å². The first-order chi connectivity index (χ1) is 9.28. The lowest BCUT2D eigenvalue weighted by Crippen LogP contribution is -2.33. The fourth-order valence-electron chi connectivity index (χ4n) is 2.95. The molecule has 2 nitrogen and oxygen atoms in total. The molecule has 1 fully saturated rings. The minimum atomic E-state index is 0.961. The second-order valence-electron chi connectivity index (χ2n) is 5.95. The van der Waals surface area contributed by atoms with Crippen LogP contribution in [0.5, 0.6) is 0 Å². The molecule has 0 unspecified atom stereocenters. The van der Waals surface area contributed by atoms with Crippen molar-refractivity contribution in [1.82, 2.24) is 10.2 Å². The molecule has 106 valence electrons. The van der Waals surface area contributed by atoms with Crippen molar-refractivity contribution in [1.29, 1.82) is 0 Å². The van der Waals surface area contributed by atoms with Gasteiger partial charge in [-0.2, -0.15) is 0 Å². The van der Waals surface area contributed by atoms with Crippen LogP contribution in [-0.2, 0) is 6.54 Å². The maximum atomic E-state index is 3.24. The van der Waals surface area contributed by atoms with Crippen LogP contribution in [0.2, 0.25) is 0 Å². The molecular formula is C17H28N2. The Kier molecular flexibility index (Phi) is 5.87. The largest absolute Gasteiger partial charge is 0.320 e.